The van der Waals surface area contributed by atoms with Crippen molar-refractivity contribution in [3.63, 3.8) is 0 Å². The van der Waals surface area contributed by atoms with Gasteiger partial charge in [0.05, 0.1) is 5.69 Å². The second-order valence-corrected chi connectivity index (χ2v) is 6.57. The van der Waals surface area contributed by atoms with Gasteiger partial charge in [0.25, 0.3) is 0 Å². The predicted molar refractivity (Wildman–Crippen MR) is 93.4 cm³/mol. The van der Waals surface area contributed by atoms with Crippen LogP contribution in [-0.2, 0) is 4.79 Å². The lowest BCUT2D eigenvalue weighted by Gasteiger charge is -2.14. The molecule has 1 atom stereocenters. The third-order valence-corrected chi connectivity index (χ3v) is 4.79. The van der Waals surface area contributed by atoms with Gasteiger partial charge in [-0.15, -0.1) is 11.3 Å². The fraction of sp³-hybridized carbons (Fsp3) is 0.500. The van der Waals surface area contributed by atoms with Gasteiger partial charge in [-0.25, -0.2) is 4.98 Å². The highest BCUT2D eigenvalue weighted by Crippen LogP contribution is 2.22. The lowest BCUT2D eigenvalue weighted by Crippen LogP contribution is -2.27. The normalized spacial score (nSPS) is 13.0. The highest BCUT2D eigenvalue weighted by Gasteiger charge is 2.10. The molecule has 0 aliphatic carbocycles. The number of thiazole rings is 1. The maximum absolute atomic E-state index is 12.0. The summed E-state index contributed by atoms with van der Waals surface area (Å²) in [6.07, 6.45) is 9.81. The van der Waals surface area contributed by atoms with Crippen molar-refractivity contribution in [1.29, 1.82) is 0 Å². The van der Waals surface area contributed by atoms with E-state index in [0.717, 1.165) is 23.6 Å². The van der Waals surface area contributed by atoms with E-state index in [4.69, 9.17) is 11.6 Å². The molecule has 1 N–H and O–H groups in total. The largest absolute Gasteiger partial charge is 0.352 e. The van der Waals surface area contributed by atoms with Crippen molar-refractivity contribution in [3.8, 4) is 0 Å². The van der Waals surface area contributed by atoms with Gasteiger partial charge in [0.1, 0.15) is 0 Å². The number of amides is 1. The van der Waals surface area contributed by atoms with E-state index in [9.17, 15) is 4.79 Å². The highest BCUT2D eigenvalue weighted by molar-refractivity contribution is 7.15. The van der Waals surface area contributed by atoms with E-state index < -0.39 is 0 Å². The van der Waals surface area contributed by atoms with Gasteiger partial charge in [0.2, 0.25) is 5.91 Å². The summed E-state index contributed by atoms with van der Waals surface area (Å²) >= 11 is 7.61. The van der Waals surface area contributed by atoms with Gasteiger partial charge in [-0.3, -0.25) is 9.20 Å². The molecule has 0 saturated carbocycles. The number of hydrogen-bond acceptors (Lipinski definition) is 3. The molecule has 4 nitrogen and oxygen atoms in total. The van der Waals surface area contributed by atoms with Crippen LogP contribution in [0.2, 0.25) is 5.15 Å². The second-order valence-electron chi connectivity index (χ2n) is 5.34. The molecule has 2 aromatic rings. The molecule has 0 aromatic carbocycles. The molecule has 0 radical (unpaired) electrons. The van der Waals surface area contributed by atoms with Crippen molar-refractivity contribution >= 4 is 39.9 Å². The molecule has 2 rings (SSSR count). The van der Waals surface area contributed by atoms with Crippen LogP contribution in [-0.4, -0.2) is 21.8 Å². The number of fused-ring (bicyclic) bond motifs is 1. The topological polar surface area (TPSA) is 46.4 Å². The van der Waals surface area contributed by atoms with Crippen molar-refractivity contribution in [2.24, 2.45) is 5.92 Å². The molecular weight excluding hydrogens is 318 g/mol. The van der Waals surface area contributed by atoms with Crippen LogP contribution in [0.1, 0.15) is 45.2 Å². The van der Waals surface area contributed by atoms with E-state index in [-0.39, 0.29) is 5.91 Å². The maximum atomic E-state index is 12.0. The Morgan fingerprint density at radius 1 is 1.55 bits per heavy atom. The van der Waals surface area contributed by atoms with Crippen molar-refractivity contribution in [1.82, 2.24) is 14.7 Å². The summed E-state index contributed by atoms with van der Waals surface area (Å²) in [6.45, 7) is 5.09. The summed E-state index contributed by atoms with van der Waals surface area (Å²) in [6, 6.07) is 0. The Morgan fingerprint density at radius 3 is 3.09 bits per heavy atom. The van der Waals surface area contributed by atoms with Crippen LogP contribution in [0, 0.1) is 5.92 Å². The first-order chi connectivity index (χ1) is 10.7. The van der Waals surface area contributed by atoms with E-state index in [2.05, 4.69) is 24.1 Å². The molecule has 2 heterocycles. The van der Waals surface area contributed by atoms with Crippen molar-refractivity contribution in [3.05, 3.63) is 28.5 Å². The molecule has 1 amide bonds. The fourth-order valence-electron chi connectivity index (χ4n) is 2.33. The molecule has 0 aliphatic heterocycles. The Bertz CT molecular complexity index is 647. The van der Waals surface area contributed by atoms with Gasteiger partial charge < -0.3 is 5.32 Å². The van der Waals surface area contributed by atoms with Crippen LogP contribution < -0.4 is 5.32 Å². The van der Waals surface area contributed by atoms with Crippen molar-refractivity contribution in [2.75, 3.05) is 6.54 Å². The van der Waals surface area contributed by atoms with E-state index in [0.29, 0.717) is 11.1 Å². The summed E-state index contributed by atoms with van der Waals surface area (Å²) in [7, 11) is 0. The summed E-state index contributed by atoms with van der Waals surface area (Å²) in [5, 5.41) is 5.33. The van der Waals surface area contributed by atoms with Crippen LogP contribution in [0.3, 0.4) is 0 Å². The average molecular weight is 340 g/mol. The molecule has 0 saturated heterocycles. The molecule has 1 unspecified atom stereocenters. The Balaban J connectivity index is 1.91. The molecule has 22 heavy (non-hydrogen) atoms. The zero-order valence-corrected chi connectivity index (χ0v) is 14.6. The number of halogens is 1. The number of carbonyl (C=O) groups is 1. The van der Waals surface area contributed by atoms with Gasteiger partial charge in [-0.05, 0) is 18.4 Å². The summed E-state index contributed by atoms with van der Waals surface area (Å²) in [4.78, 5) is 17.0. The van der Waals surface area contributed by atoms with Crippen LogP contribution >= 0.6 is 22.9 Å². The van der Waals surface area contributed by atoms with Crippen LogP contribution in [0.5, 0.6) is 0 Å². The summed E-state index contributed by atoms with van der Waals surface area (Å²) in [5.74, 6) is 0.468. The van der Waals surface area contributed by atoms with Crippen LogP contribution in [0.15, 0.2) is 17.7 Å². The third kappa shape index (κ3) is 4.34. The molecule has 0 fully saturated rings. The highest BCUT2D eigenvalue weighted by atomic mass is 35.5. The molecular formula is C16H22ClN3OS. The number of hydrogen-bond donors (Lipinski definition) is 1. The zero-order chi connectivity index (χ0) is 15.9. The van der Waals surface area contributed by atoms with Crippen LogP contribution in [0.25, 0.3) is 11.0 Å². The number of nitrogens with one attached hydrogen (secondary N) is 1. The number of nitrogens with zero attached hydrogens (tertiary/aromatic N) is 2. The Labute approximate surface area is 140 Å². The lowest BCUT2D eigenvalue weighted by atomic mass is 9.99. The van der Waals surface area contributed by atoms with Gasteiger partial charge in [0, 0.05) is 24.2 Å². The lowest BCUT2D eigenvalue weighted by molar-refractivity contribution is -0.116. The number of rotatable bonds is 8. The number of carbonyl (C=O) groups excluding carboxylic acids is 1. The minimum absolute atomic E-state index is 0.0869. The average Bonchev–Trinajstić information content (AvgIpc) is 3.06. The third-order valence-electron chi connectivity index (χ3n) is 3.75. The van der Waals surface area contributed by atoms with E-state index in [1.807, 2.05) is 16.0 Å². The molecule has 120 valence electrons. The Hall–Kier alpha value is -1.33. The SMILES string of the molecule is CCCCC(CC)CNC(=O)/C=C/c1c(Cl)nc2sccn12. The first-order valence-electron chi connectivity index (χ1n) is 7.72. The van der Waals surface area contributed by atoms with E-state index >= 15 is 0 Å². The molecule has 0 bridgehead atoms. The number of aromatic nitrogens is 2. The quantitative estimate of drug-likeness (QED) is 0.725. The van der Waals surface area contributed by atoms with Gasteiger partial charge in [0.15, 0.2) is 10.1 Å². The molecule has 0 aliphatic rings. The van der Waals surface area contributed by atoms with Crippen molar-refractivity contribution in [2.45, 2.75) is 39.5 Å². The summed E-state index contributed by atoms with van der Waals surface area (Å²) < 4.78 is 1.88. The molecule has 6 heteroatoms. The van der Waals surface area contributed by atoms with Gasteiger partial charge >= 0.3 is 0 Å². The first-order valence-corrected chi connectivity index (χ1v) is 8.98. The predicted octanol–water partition coefficient (Wildman–Crippen LogP) is 4.40. The maximum Gasteiger partial charge on any atom is 0.244 e. The second kappa shape index (κ2) is 8.34. The van der Waals surface area contributed by atoms with Gasteiger partial charge in [-0.2, -0.15) is 0 Å². The molecule has 0 spiro atoms. The standard InChI is InChI=1S/C16H22ClN3OS/c1-3-5-6-12(4-2)11-18-14(21)8-7-13-15(17)19-16-20(13)9-10-22-16/h7-10,12H,3-6,11H2,1-2H3,(H,18,21)/b8-7+. The van der Waals surface area contributed by atoms with E-state index in [1.54, 1.807) is 6.08 Å². The minimum atomic E-state index is -0.0869. The number of imidazole rings is 1. The summed E-state index contributed by atoms with van der Waals surface area (Å²) in [5.41, 5.74) is 0.742. The number of unbranched alkanes of at least 4 members (excludes halogenated alkanes) is 1. The van der Waals surface area contributed by atoms with Crippen LogP contribution in [0.4, 0.5) is 0 Å². The van der Waals surface area contributed by atoms with E-state index in [1.165, 1.54) is 36.7 Å². The Kier molecular flexibility index (Phi) is 6.46. The minimum Gasteiger partial charge on any atom is -0.352 e. The molecule has 2 aromatic heterocycles. The fourth-order valence-corrected chi connectivity index (χ4v) is 3.33. The monoisotopic (exact) mass is 339 g/mol. The van der Waals surface area contributed by atoms with Gasteiger partial charge in [-0.1, -0.05) is 44.7 Å². The van der Waals surface area contributed by atoms with Crippen molar-refractivity contribution < 1.29 is 4.79 Å². The zero-order valence-electron chi connectivity index (χ0n) is 13.0. The Morgan fingerprint density at radius 2 is 2.36 bits per heavy atom. The smallest absolute Gasteiger partial charge is 0.244 e. The first kappa shape index (κ1) is 17.0.